The third-order valence-corrected chi connectivity index (χ3v) is 7.20. The van der Waals surface area contributed by atoms with Crippen LogP contribution in [0, 0.1) is 34.5 Å². The van der Waals surface area contributed by atoms with E-state index in [2.05, 4.69) is 13.8 Å². The zero-order valence-electron chi connectivity index (χ0n) is 10.3. The molecule has 1 spiro atoms. The Kier molecular flexibility index (Phi) is 1.49. The zero-order chi connectivity index (χ0) is 10.3. The van der Waals surface area contributed by atoms with Gasteiger partial charge in [0.25, 0.3) is 0 Å². The van der Waals surface area contributed by atoms with Gasteiger partial charge in [-0.2, -0.15) is 0 Å². The monoisotopic (exact) mass is 204 g/mol. The van der Waals surface area contributed by atoms with E-state index in [0.717, 1.165) is 16.7 Å². The van der Waals surface area contributed by atoms with Gasteiger partial charge >= 0.3 is 0 Å². The van der Waals surface area contributed by atoms with Crippen molar-refractivity contribution in [2.45, 2.75) is 58.8 Å². The highest BCUT2D eigenvalue weighted by atomic mass is 14.8. The molecule has 2 bridgehead atoms. The lowest BCUT2D eigenvalue weighted by Crippen LogP contribution is -2.29. The molecule has 84 valence electrons. The van der Waals surface area contributed by atoms with Crippen LogP contribution in [0.4, 0.5) is 0 Å². The molecule has 0 heteroatoms. The Bertz CT molecular complexity index is 307. The number of rotatable bonds is 1. The van der Waals surface area contributed by atoms with Gasteiger partial charge in [0, 0.05) is 0 Å². The van der Waals surface area contributed by atoms with E-state index in [4.69, 9.17) is 0 Å². The van der Waals surface area contributed by atoms with E-state index in [1.807, 2.05) is 0 Å². The van der Waals surface area contributed by atoms with Crippen molar-refractivity contribution in [3.8, 4) is 0 Å². The molecule has 0 aromatic carbocycles. The maximum Gasteiger partial charge on any atom is -0.0204 e. The lowest BCUT2D eigenvalue weighted by molar-refractivity contribution is 0.133. The molecular formula is C15H24. The summed E-state index contributed by atoms with van der Waals surface area (Å²) in [5.41, 5.74) is 1.62. The molecule has 0 radical (unpaired) electrons. The van der Waals surface area contributed by atoms with Crippen molar-refractivity contribution in [3.05, 3.63) is 0 Å². The lowest BCUT2D eigenvalue weighted by atomic mass is 9.70. The molecule has 0 heterocycles. The standard InChI is InChI=1S/C15H24/c1-3-14(2)9-15(14)8-10-7-13(15)12-6-4-5-11(10)12/h10-13H,3-9H2,1-2H3. The maximum atomic E-state index is 2.58. The van der Waals surface area contributed by atoms with Gasteiger partial charge in [-0.15, -0.1) is 0 Å². The predicted octanol–water partition coefficient (Wildman–Crippen LogP) is 4.25. The van der Waals surface area contributed by atoms with Gasteiger partial charge in [0.2, 0.25) is 0 Å². The quantitative estimate of drug-likeness (QED) is 0.599. The fraction of sp³-hybridized carbons (Fsp3) is 1.00. The van der Waals surface area contributed by atoms with Crippen molar-refractivity contribution in [2.75, 3.05) is 0 Å². The number of hydrogen-bond donors (Lipinski definition) is 0. The van der Waals surface area contributed by atoms with E-state index >= 15 is 0 Å². The summed E-state index contributed by atoms with van der Waals surface area (Å²) in [5.74, 6) is 4.69. The van der Waals surface area contributed by atoms with E-state index in [1.54, 1.807) is 38.5 Å². The minimum Gasteiger partial charge on any atom is -0.0648 e. The van der Waals surface area contributed by atoms with Gasteiger partial charge in [-0.05, 0) is 66.6 Å². The molecule has 4 fully saturated rings. The Hall–Kier alpha value is 0. The zero-order valence-corrected chi connectivity index (χ0v) is 10.3. The summed E-state index contributed by atoms with van der Waals surface area (Å²) in [6.45, 7) is 5.00. The first-order valence-electron chi connectivity index (χ1n) is 7.20. The van der Waals surface area contributed by atoms with E-state index in [1.165, 1.54) is 24.2 Å². The van der Waals surface area contributed by atoms with Gasteiger partial charge in [0.15, 0.2) is 0 Å². The van der Waals surface area contributed by atoms with Gasteiger partial charge in [-0.25, -0.2) is 0 Å². The van der Waals surface area contributed by atoms with E-state index < -0.39 is 0 Å². The van der Waals surface area contributed by atoms with Crippen molar-refractivity contribution in [3.63, 3.8) is 0 Å². The molecule has 15 heavy (non-hydrogen) atoms. The lowest BCUT2D eigenvalue weighted by Gasteiger charge is -2.35. The molecule has 4 saturated carbocycles. The van der Waals surface area contributed by atoms with Gasteiger partial charge in [0.05, 0.1) is 0 Å². The van der Waals surface area contributed by atoms with Crippen molar-refractivity contribution < 1.29 is 0 Å². The molecule has 4 aliphatic carbocycles. The Morgan fingerprint density at radius 3 is 2.73 bits per heavy atom. The molecule has 4 rings (SSSR count). The fourth-order valence-corrected chi connectivity index (χ4v) is 6.29. The van der Waals surface area contributed by atoms with Crippen molar-refractivity contribution in [2.24, 2.45) is 34.5 Å². The Morgan fingerprint density at radius 1 is 1.20 bits per heavy atom. The summed E-state index contributed by atoms with van der Waals surface area (Å²) >= 11 is 0. The van der Waals surface area contributed by atoms with Crippen LogP contribution in [-0.4, -0.2) is 0 Å². The molecule has 6 atom stereocenters. The summed E-state index contributed by atoms with van der Waals surface area (Å²) in [5, 5.41) is 0. The van der Waals surface area contributed by atoms with Crippen LogP contribution >= 0.6 is 0 Å². The second kappa shape index (κ2) is 2.46. The molecule has 0 aliphatic heterocycles. The Balaban J connectivity index is 1.68. The van der Waals surface area contributed by atoms with Gasteiger partial charge < -0.3 is 0 Å². The minimum atomic E-state index is 0.764. The average molecular weight is 204 g/mol. The molecule has 0 N–H and O–H groups in total. The first-order valence-corrected chi connectivity index (χ1v) is 7.20. The molecule has 0 aromatic rings. The Labute approximate surface area is 93.8 Å². The third-order valence-electron chi connectivity index (χ3n) is 7.20. The maximum absolute atomic E-state index is 2.58. The molecule has 0 saturated heterocycles. The smallest absolute Gasteiger partial charge is 0.0204 e. The van der Waals surface area contributed by atoms with Crippen LogP contribution in [0.1, 0.15) is 58.8 Å². The fourth-order valence-electron chi connectivity index (χ4n) is 6.29. The minimum absolute atomic E-state index is 0.764. The van der Waals surface area contributed by atoms with E-state index in [0.29, 0.717) is 0 Å². The molecule has 4 aliphatic rings. The van der Waals surface area contributed by atoms with E-state index in [-0.39, 0.29) is 0 Å². The predicted molar refractivity (Wildman–Crippen MR) is 62.5 cm³/mol. The second-order valence-corrected chi connectivity index (χ2v) is 7.31. The molecule has 0 aromatic heterocycles. The largest absolute Gasteiger partial charge is 0.0648 e. The van der Waals surface area contributed by atoms with E-state index in [9.17, 15) is 0 Å². The van der Waals surface area contributed by atoms with Crippen LogP contribution in [0.25, 0.3) is 0 Å². The topological polar surface area (TPSA) is 0 Å². The van der Waals surface area contributed by atoms with Crippen LogP contribution in [-0.2, 0) is 0 Å². The highest BCUT2D eigenvalue weighted by Gasteiger charge is 2.74. The summed E-state index contributed by atoms with van der Waals surface area (Å²) < 4.78 is 0. The molecule has 6 unspecified atom stereocenters. The summed E-state index contributed by atoms with van der Waals surface area (Å²) in [7, 11) is 0. The van der Waals surface area contributed by atoms with Crippen LogP contribution < -0.4 is 0 Å². The molecular weight excluding hydrogens is 180 g/mol. The first kappa shape index (κ1) is 9.07. The highest BCUT2D eigenvalue weighted by Crippen LogP contribution is 2.82. The average Bonchev–Trinajstić information content (AvgIpc) is 2.70. The van der Waals surface area contributed by atoms with Crippen LogP contribution in [0.3, 0.4) is 0 Å². The summed E-state index contributed by atoms with van der Waals surface area (Å²) in [4.78, 5) is 0. The normalized spacial score (nSPS) is 65.2. The summed E-state index contributed by atoms with van der Waals surface area (Å²) in [6, 6.07) is 0. The van der Waals surface area contributed by atoms with Crippen molar-refractivity contribution >= 4 is 0 Å². The third kappa shape index (κ3) is 0.840. The van der Waals surface area contributed by atoms with Gasteiger partial charge in [-0.3, -0.25) is 0 Å². The van der Waals surface area contributed by atoms with Gasteiger partial charge in [0.1, 0.15) is 0 Å². The Morgan fingerprint density at radius 2 is 2.00 bits per heavy atom. The SMILES string of the molecule is CCC1(C)CC12CC1CC2C2CCCC12. The van der Waals surface area contributed by atoms with Crippen molar-refractivity contribution in [1.82, 2.24) is 0 Å². The highest BCUT2D eigenvalue weighted by molar-refractivity contribution is 5.23. The van der Waals surface area contributed by atoms with Crippen LogP contribution in [0.2, 0.25) is 0 Å². The van der Waals surface area contributed by atoms with Crippen LogP contribution in [0.15, 0.2) is 0 Å². The molecule has 0 amide bonds. The second-order valence-electron chi connectivity index (χ2n) is 7.31. The number of hydrogen-bond acceptors (Lipinski definition) is 0. The number of fused-ring (bicyclic) bond motifs is 6. The molecule has 0 nitrogen and oxygen atoms in total. The van der Waals surface area contributed by atoms with Crippen LogP contribution in [0.5, 0.6) is 0 Å². The van der Waals surface area contributed by atoms with Gasteiger partial charge in [-0.1, -0.05) is 26.7 Å². The first-order chi connectivity index (χ1) is 7.20. The van der Waals surface area contributed by atoms with Crippen molar-refractivity contribution in [1.29, 1.82) is 0 Å². The summed E-state index contributed by atoms with van der Waals surface area (Å²) in [6.07, 6.45) is 11.0.